The monoisotopic (exact) mass is 286 g/mol. The van der Waals surface area contributed by atoms with Crippen molar-refractivity contribution in [2.75, 3.05) is 0 Å². The van der Waals surface area contributed by atoms with E-state index in [1.807, 2.05) is 24.4 Å². The lowest BCUT2D eigenvalue weighted by molar-refractivity contribution is 0.475. The van der Waals surface area contributed by atoms with E-state index in [0.717, 1.165) is 5.52 Å². The number of halogens is 1. The zero-order chi connectivity index (χ0) is 14.1. The first-order valence-corrected chi connectivity index (χ1v) is 6.28. The first kappa shape index (κ1) is 12.5. The summed E-state index contributed by atoms with van der Waals surface area (Å²) in [5.74, 6) is 0.401. The van der Waals surface area contributed by atoms with Crippen LogP contribution in [0.15, 0.2) is 53.8 Å². The number of aliphatic imine (C=N–C) groups is 1. The van der Waals surface area contributed by atoms with Crippen LogP contribution in [-0.4, -0.2) is 20.6 Å². The highest BCUT2D eigenvalue weighted by molar-refractivity contribution is 6.33. The second-order valence-electron chi connectivity index (χ2n) is 4.25. The van der Waals surface area contributed by atoms with Gasteiger partial charge in [0.25, 0.3) is 0 Å². The molecule has 0 spiro atoms. The van der Waals surface area contributed by atoms with Crippen LogP contribution in [-0.2, 0) is 0 Å². The van der Waals surface area contributed by atoms with Gasteiger partial charge < -0.3 is 10.8 Å². The van der Waals surface area contributed by atoms with Gasteiger partial charge in [0.15, 0.2) is 0 Å². The molecule has 5 nitrogen and oxygen atoms in total. The second-order valence-corrected chi connectivity index (χ2v) is 4.66. The Hall–Kier alpha value is -2.53. The highest BCUT2D eigenvalue weighted by atomic mass is 35.5. The average Bonchev–Trinajstić information content (AvgIpc) is 2.89. The summed E-state index contributed by atoms with van der Waals surface area (Å²) in [7, 11) is 0. The van der Waals surface area contributed by atoms with Gasteiger partial charge >= 0.3 is 0 Å². The largest absolute Gasteiger partial charge is 0.508 e. The van der Waals surface area contributed by atoms with Crippen LogP contribution in [0.1, 0.15) is 5.56 Å². The molecule has 0 bridgehead atoms. The van der Waals surface area contributed by atoms with Crippen LogP contribution in [0.4, 0.5) is 5.69 Å². The molecule has 2 heterocycles. The number of nitrogens with two attached hydrogens (primary N) is 1. The number of fused-ring (bicyclic) bond motifs is 1. The quantitative estimate of drug-likeness (QED) is 0.562. The van der Waals surface area contributed by atoms with Crippen LogP contribution in [0.5, 0.6) is 5.75 Å². The number of nitrogens with zero attached hydrogens (tertiary/aromatic N) is 3. The minimum atomic E-state index is 0.0868. The van der Waals surface area contributed by atoms with E-state index in [1.165, 1.54) is 12.1 Å². The normalized spacial score (nSPS) is 11.9. The van der Waals surface area contributed by atoms with E-state index in [1.54, 1.807) is 16.8 Å². The number of aromatic nitrogens is 2. The van der Waals surface area contributed by atoms with Crippen LogP contribution in [0.25, 0.3) is 5.52 Å². The zero-order valence-corrected chi connectivity index (χ0v) is 11.1. The van der Waals surface area contributed by atoms with Gasteiger partial charge in [0.05, 0.1) is 22.4 Å². The van der Waals surface area contributed by atoms with Crippen molar-refractivity contribution in [3.05, 3.63) is 59.4 Å². The van der Waals surface area contributed by atoms with E-state index < -0.39 is 0 Å². The Morgan fingerprint density at radius 3 is 2.95 bits per heavy atom. The number of phenolic OH excluding ortho intramolecular Hbond substituents is 1. The summed E-state index contributed by atoms with van der Waals surface area (Å²) in [4.78, 5) is 4.26. The number of phenols is 1. The standard InChI is InChI=1S/C14H11ClN4O/c15-12-7-11(20)3-4-13(12)18-14(16)9-6-10-2-1-5-19(10)17-8-9/h1-8,20H,(H2,16,18). The van der Waals surface area contributed by atoms with Crippen LogP contribution in [0.3, 0.4) is 0 Å². The summed E-state index contributed by atoms with van der Waals surface area (Å²) in [5, 5.41) is 13.9. The van der Waals surface area contributed by atoms with Crippen LogP contribution in [0.2, 0.25) is 5.02 Å². The Morgan fingerprint density at radius 1 is 1.30 bits per heavy atom. The molecule has 0 aliphatic rings. The molecule has 6 heteroatoms. The molecule has 3 N–H and O–H groups in total. The summed E-state index contributed by atoms with van der Waals surface area (Å²) in [6.07, 6.45) is 3.49. The highest BCUT2D eigenvalue weighted by Gasteiger charge is 2.05. The summed E-state index contributed by atoms with van der Waals surface area (Å²) in [6, 6.07) is 10.2. The molecule has 0 fully saturated rings. The van der Waals surface area contributed by atoms with Gasteiger partial charge in [0.1, 0.15) is 11.6 Å². The lowest BCUT2D eigenvalue weighted by Gasteiger charge is -2.03. The van der Waals surface area contributed by atoms with E-state index >= 15 is 0 Å². The molecule has 0 atom stereocenters. The van der Waals surface area contributed by atoms with Crippen molar-refractivity contribution in [3.63, 3.8) is 0 Å². The first-order valence-electron chi connectivity index (χ1n) is 5.90. The van der Waals surface area contributed by atoms with E-state index in [9.17, 15) is 5.11 Å². The molecule has 0 radical (unpaired) electrons. The lowest BCUT2D eigenvalue weighted by atomic mass is 10.2. The number of rotatable bonds is 2. The van der Waals surface area contributed by atoms with Gasteiger partial charge in [-0.3, -0.25) is 0 Å². The predicted octanol–water partition coefficient (Wildman–Crippen LogP) is 2.73. The van der Waals surface area contributed by atoms with Crippen molar-refractivity contribution < 1.29 is 5.11 Å². The maximum atomic E-state index is 9.31. The third kappa shape index (κ3) is 2.31. The van der Waals surface area contributed by atoms with Crippen molar-refractivity contribution in [2.24, 2.45) is 10.7 Å². The van der Waals surface area contributed by atoms with Crippen LogP contribution < -0.4 is 5.73 Å². The Kier molecular flexibility index (Phi) is 3.04. The second kappa shape index (κ2) is 4.86. The van der Waals surface area contributed by atoms with Gasteiger partial charge in [-0.25, -0.2) is 9.51 Å². The molecule has 0 aliphatic heterocycles. The van der Waals surface area contributed by atoms with Gasteiger partial charge in [-0.15, -0.1) is 0 Å². The number of hydrogen-bond donors (Lipinski definition) is 2. The van der Waals surface area contributed by atoms with Crippen molar-refractivity contribution in [1.29, 1.82) is 0 Å². The average molecular weight is 287 g/mol. The molecule has 3 rings (SSSR count). The molecular formula is C14H11ClN4O. The molecule has 0 aliphatic carbocycles. The third-order valence-corrected chi connectivity index (χ3v) is 3.15. The maximum Gasteiger partial charge on any atom is 0.133 e. The van der Waals surface area contributed by atoms with Crippen molar-refractivity contribution in [3.8, 4) is 5.75 Å². The fourth-order valence-corrected chi connectivity index (χ4v) is 2.06. The van der Waals surface area contributed by atoms with Gasteiger partial charge in [-0.2, -0.15) is 5.10 Å². The summed E-state index contributed by atoms with van der Waals surface area (Å²) in [6.45, 7) is 0. The molecule has 0 amide bonds. The molecule has 0 saturated heterocycles. The lowest BCUT2D eigenvalue weighted by Crippen LogP contribution is -2.13. The predicted molar refractivity (Wildman–Crippen MR) is 78.7 cm³/mol. The highest BCUT2D eigenvalue weighted by Crippen LogP contribution is 2.28. The van der Waals surface area contributed by atoms with Crippen molar-refractivity contribution in [1.82, 2.24) is 9.61 Å². The molecule has 2 aromatic heterocycles. The van der Waals surface area contributed by atoms with Crippen LogP contribution >= 0.6 is 11.6 Å². The van der Waals surface area contributed by atoms with Crippen LogP contribution in [0, 0.1) is 0 Å². The van der Waals surface area contributed by atoms with Gasteiger partial charge in [-0.05, 0) is 30.3 Å². The summed E-state index contributed by atoms with van der Waals surface area (Å²) < 4.78 is 1.74. The SMILES string of the molecule is NC(=Nc1ccc(O)cc1Cl)c1cnn2cccc2c1. The summed E-state index contributed by atoms with van der Waals surface area (Å²) in [5.41, 5.74) is 8.11. The molecule has 3 aromatic rings. The summed E-state index contributed by atoms with van der Waals surface area (Å²) >= 11 is 6.00. The van der Waals surface area contributed by atoms with Gasteiger partial charge in [-0.1, -0.05) is 11.6 Å². The van der Waals surface area contributed by atoms with E-state index in [4.69, 9.17) is 17.3 Å². The topological polar surface area (TPSA) is 75.9 Å². The first-order chi connectivity index (χ1) is 9.63. The smallest absolute Gasteiger partial charge is 0.133 e. The minimum Gasteiger partial charge on any atom is -0.508 e. The third-order valence-electron chi connectivity index (χ3n) is 2.85. The molecular weight excluding hydrogens is 276 g/mol. The molecule has 0 saturated carbocycles. The fourth-order valence-electron chi connectivity index (χ4n) is 1.85. The van der Waals surface area contributed by atoms with Gasteiger partial charge in [0.2, 0.25) is 0 Å². The molecule has 0 unspecified atom stereocenters. The van der Waals surface area contributed by atoms with E-state index in [2.05, 4.69) is 10.1 Å². The van der Waals surface area contributed by atoms with Crippen molar-refractivity contribution in [2.45, 2.75) is 0 Å². The number of amidine groups is 1. The maximum absolute atomic E-state index is 9.31. The number of benzene rings is 1. The Balaban J connectivity index is 2.01. The zero-order valence-electron chi connectivity index (χ0n) is 10.4. The Labute approximate surface area is 119 Å². The molecule has 100 valence electrons. The fraction of sp³-hybridized carbons (Fsp3) is 0. The minimum absolute atomic E-state index is 0.0868. The molecule has 20 heavy (non-hydrogen) atoms. The Morgan fingerprint density at radius 2 is 2.15 bits per heavy atom. The number of hydrogen-bond acceptors (Lipinski definition) is 3. The van der Waals surface area contributed by atoms with Gasteiger partial charge in [0, 0.05) is 17.8 Å². The van der Waals surface area contributed by atoms with Crippen molar-refractivity contribution >= 4 is 28.6 Å². The Bertz CT molecular complexity index is 810. The number of aromatic hydroxyl groups is 1. The van der Waals surface area contributed by atoms with E-state index in [0.29, 0.717) is 22.1 Å². The van der Waals surface area contributed by atoms with E-state index in [-0.39, 0.29) is 5.75 Å². The molecule has 1 aromatic carbocycles.